The number of carbonyl (C=O) groups excluding carboxylic acids is 1. The highest BCUT2D eigenvalue weighted by Gasteiger charge is 2.21. The fraction of sp³-hybridized carbons (Fsp3) is 0.533. The molecule has 5 nitrogen and oxygen atoms in total. The van der Waals surface area contributed by atoms with Gasteiger partial charge in [0.15, 0.2) is 0 Å². The first kappa shape index (κ1) is 16.2. The minimum atomic E-state index is 0.0582. The normalized spacial score (nSPS) is 16.2. The van der Waals surface area contributed by atoms with Crippen LogP contribution in [-0.2, 0) is 4.74 Å². The lowest BCUT2D eigenvalue weighted by atomic mass is 10.2. The van der Waals surface area contributed by atoms with Crippen molar-refractivity contribution in [2.75, 3.05) is 52.5 Å². The van der Waals surface area contributed by atoms with Crippen molar-refractivity contribution in [2.45, 2.75) is 0 Å². The van der Waals surface area contributed by atoms with Gasteiger partial charge in [-0.3, -0.25) is 9.69 Å². The second kappa shape index (κ2) is 8.34. The number of carbonyl (C=O) groups is 1. The number of amides is 1. The number of hydrogen-bond acceptors (Lipinski definition) is 4. The first-order chi connectivity index (χ1) is 10.2. The van der Waals surface area contributed by atoms with Crippen molar-refractivity contribution in [3.63, 3.8) is 0 Å². The predicted octanol–water partition coefficient (Wildman–Crippen LogP) is 1.11. The van der Waals surface area contributed by atoms with Crippen LogP contribution in [0.2, 0.25) is 5.02 Å². The summed E-state index contributed by atoms with van der Waals surface area (Å²) in [7, 11) is 0. The topological polar surface area (TPSA) is 53.0 Å². The Labute approximate surface area is 130 Å². The average Bonchev–Trinajstić information content (AvgIpc) is 2.52. The lowest BCUT2D eigenvalue weighted by Crippen LogP contribution is -2.49. The number of nitrogens with zero attached hydrogens (tertiary/aromatic N) is 2. The average molecular weight is 313 g/mol. The largest absolute Gasteiger partial charge is 0.394 e. The molecule has 0 radical (unpaired) electrons. The van der Waals surface area contributed by atoms with Crippen LogP contribution in [0.4, 0.5) is 0 Å². The lowest BCUT2D eigenvalue weighted by molar-refractivity contribution is 0.0486. The molecule has 2 rings (SSSR count). The Kier molecular flexibility index (Phi) is 6.45. The van der Waals surface area contributed by atoms with Gasteiger partial charge in [-0.05, 0) is 24.3 Å². The van der Waals surface area contributed by atoms with Gasteiger partial charge in [0.05, 0.1) is 19.8 Å². The van der Waals surface area contributed by atoms with Gasteiger partial charge < -0.3 is 14.7 Å². The maximum Gasteiger partial charge on any atom is 0.253 e. The monoisotopic (exact) mass is 312 g/mol. The number of benzene rings is 1. The van der Waals surface area contributed by atoms with Crippen LogP contribution in [0, 0.1) is 0 Å². The van der Waals surface area contributed by atoms with Crippen molar-refractivity contribution >= 4 is 17.5 Å². The smallest absolute Gasteiger partial charge is 0.253 e. The fourth-order valence-electron chi connectivity index (χ4n) is 2.31. The first-order valence-electron chi connectivity index (χ1n) is 7.16. The minimum Gasteiger partial charge on any atom is -0.394 e. The molecule has 21 heavy (non-hydrogen) atoms. The second-order valence-corrected chi connectivity index (χ2v) is 5.41. The summed E-state index contributed by atoms with van der Waals surface area (Å²) >= 11 is 5.83. The molecule has 0 atom stereocenters. The fourth-order valence-corrected chi connectivity index (χ4v) is 2.44. The van der Waals surface area contributed by atoms with Crippen molar-refractivity contribution in [1.82, 2.24) is 9.80 Å². The maximum absolute atomic E-state index is 12.3. The van der Waals surface area contributed by atoms with Gasteiger partial charge >= 0.3 is 0 Å². The summed E-state index contributed by atoms with van der Waals surface area (Å²) in [5.74, 6) is 0.0582. The van der Waals surface area contributed by atoms with E-state index in [0.29, 0.717) is 23.8 Å². The van der Waals surface area contributed by atoms with Gasteiger partial charge in [-0.25, -0.2) is 0 Å². The third kappa shape index (κ3) is 4.97. The van der Waals surface area contributed by atoms with Gasteiger partial charge in [-0.1, -0.05) is 11.6 Å². The zero-order valence-corrected chi connectivity index (χ0v) is 12.8. The molecule has 0 unspecified atom stereocenters. The van der Waals surface area contributed by atoms with Crippen LogP contribution >= 0.6 is 11.6 Å². The SMILES string of the molecule is O=C(c1ccc(Cl)cc1)N1CCN(CCOCCO)CC1. The molecule has 1 N–H and O–H groups in total. The van der Waals surface area contributed by atoms with Gasteiger partial charge in [0.2, 0.25) is 0 Å². The zero-order valence-electron chi connectivity index (χ0n) is 12.0. The van der Waals surface area contributed by atoms with E-state index in [4.69, 9.17) is 21.4 Å². The molecule has 0 spiro atoms. The molecule has 1 heterocycles. The maximum atomic E-state index is 12.3. The zero-order chi connectivity index (χ0) is 15.1. The molecule has 1 aliphatic heterocycles. The Morgan fingerprint density at radius 3 is 2.43 bits per heavy atom. The Morgan fingerprint density at radius 1 is 1.14 bits per heavy atom. The Morgan fingerprint density at radius 2 is 1.81 bits per heavy atom. The van der Waals surface area contributed by atoms with Gasteiger partial charge in [-0.2, -0.15) is 0 Å². The molecule has 0 saturated carbocycles. The van der Waals surface area contributed by atoms with E-state index in [0.717, 1.165) is 32.7 Å². The van der Waals surface area contributed by atoms with Crippen molar-refractivity contribution in [2.24, 2.45) is 0 Å². The highest BCUT2D eigenvalue weighted by atomic mass is 35.5. The van der Waals surface area contributed by atoms with Crippen molar-refractivity contribution in [3.8, 4) is 0 Å². The number of rotatable bonds is 6. The molecule has 1 aromatic carbocycles. The molecule has 1 fully saturated rings. The van der Waals surface area contributed by atoms with E-state index in [1.54, 1.807) is 24.3 Å². The molecular formula is C15H21ClN2O3. The molecule has 1 aromatic rings. The van der Waals surface area contributed by atoms with E-state index < -0.39 is 0 Å². The summed E-state index contributed by atoms with van der Waals surface area (Å²) in [5, 5.41) is 9.27. The van der Waals surface area contributed by atoms with E-state index in [1.165, 1.54) is 0 Å². The van der Waals surface area contributed by atoms with E-state index in [2.05, 4.69) is 4.90 Å². The van der Waals surface area contributed by atoms with Crippen LogP contribution in [0.15, 0.2) is 24.3 Å². The third-order valence-electron chi connectivity index (χ3n) is 3.54. The molecular weight excluding hydrogens is 292 g/mol. The number of halogens is 1. The number of hydrogen-bond donors (Lipinski definition) is 1. The molecule has 116 valence electrons. The number of aliphatic hydroxyl groups excluding tert-OH is 1. The molecule has 1 aliphatic rings. The predicted molar refractivity (Wildman–Crippen MR) is 81.7 cm³/mol. The van der Waals surface area contributed by atoms with E-state index in [9.17, 15) is 4.79 Å². The minimum absolute atomic E-state index is 0.0582. The first-order valence-corrected chi connectivity index (χ1v) is 7.54. The van der Waals surface area contributed by atoms with Crippen molar-refractivity contribution in [1.29, 1.82) is 0 Å². The van der Waals surface area contributed by atoms with Gasteiger partial charge in [0.25, 0.3) is 5.91 Å². The van der Waals surface area contributed by atoms with Crippen LogP contribution in [0.3, 0.4) is 0 Å². The summed E-state index contributed by atoms with van der Waals surface area (Å²) in [6.45, 7) is 5.04. The van der Waals surface area contributed by atoms with Crippen LogP contribution in [0.25, 0.3) is 0 Å². The summed E-state index contributed by atoms with van der Waals surface area (Å²) in [6, 6.07) is 7.01. The molecule has 1 amide bonds. The van der Waals surface area contributed by atoms with Crippen LogP contribution in [0.5, 0.6) is 0 Å². The Balaban J connectivity index is 1.75. The second-order valence-electron chi connectivity index (χ2n) is 4.98. The summed E-state index contributed by atoms with van der Waals surface area (Å²) in [5.41, 5.74) is 0.680. The summed E-state index contributed by atoms with van der Waals surface area (Å²) in [4.78, 5) is 16.5. The quantitative estimate of drug-likeness (QED) is 0.800. The Bertz CT molecular complexity index is 445. The van der Waals surface area contributed by atoms with Crippen LogP contribution < -0.4 is 0 Å². The van der Waals surface area contributed by atoms with Gasteiger partial charge in [0, 0.05) is 43.3 Å². The Hall–Kier alpha value is -1.14. The summed E-state index contributed by atoms with van der Waals surface area (Å²) < 4.78 is 5.26. The number of piperazine rings is 1. The lowest BCUT2D eigenvalue weighted by Gasteiger charge is -2.34. The highest BCUT2D eigenvalue weighted by Crippen LogP contribution is 2.13. The standard InChI is InChI=1S/C15H21ClN2O3/c16-14-3-1-13(2-4-14)15(20)18-7-5-17(6-8-18)9-11-21-12-10-19/h1-4,19H,5-12H2. The molecule has 0 aliphatic carbocycles. The van der Waals surface area contributed by atoms with Gasteiger partial charge in [0.1, 0.15) is 0 Å². The van der Waals surface area contributed by atoms with Crippen LogP contribution in [0.1, 0.15) is 10.4 Å². The molecule has 1 saturated heterocycles. The van der Waals surface area contributed by atoms with E-state index >= 15 is 0 Å². The molecule has 0 aromatic heterocycles. The third-order valence-corrected chi connectivity index (χ3v) is 3.79. The van der Waals surface area contributed by atoms with E-state index in [1.807, 2.05) is 4.90 Å². The molecule has 0 bridgehead atoms. The molecule has 6 heteroatoms. The summed E-state index contributed by atoms with van der Waals surface area (Å²) in [6.07, 6.45) is 0. The van der Waals surface area contributed by atoms with Crippen molar-refractivity contribution < 1.29 is 14.6 Å². The van der Waals surface area contributed by atoms with E-state index in [-0.39, 0.29) is 12.5 Å². The highest BCUT2D eigenvalue weighted by molar-refractivity contribution is 6.30. The van der Waals surface area contributed by atoms with Crippen LogP contribution in [-0.4, -0.2) is 73.4 Å². The number of ether oxygens (including phenoxy) is 1. The van der Waals surface area contributed by atoms with Gasteiger partial charge in [-0.15, -0.1) is 0 Å². The number of aliphatic hydroxyl groups is 1. The van der Waals surface area contributed by atoms with Crippen molar-refractivity contribution in [3.05, 3.63) is 34.9 Å².